The summed E-state index contributed by atoms with van der Waals surface area (Å²) in [4.78, 5) is 59.0. The topological polar surface area (TPSA) is 142 Å². The highest BCUT2D eigenvalue weighted by Gasteiger charge is 2.43. The van der Waals surface area contributed by atoms with Crippen molar-refractivity contribution in [2.75, 3.05) is 23.3 Å². The molecule has 2 aliphatic heterocycles. The number of aryl methyl sites for hydroxylation is 2. The van der Waals surface area contributed by atoms with Gasteiger partial charge in [0.05, 0.1) is 51.4 Å². The number of carbonyl (C=O) groups is 2. The van der Waals surface area contributed by atoms with E-state index in [1.807, 2.05) is 57.7 Å². The first-order chi connectivity index (χ1) is 22.0. The number of fused-ring (bicyclic) bond motifs is 3. The summed E-state index contributed by atoms with van der Waals surface area (Å²) >= 11 is 7.26. The first-order valence-electron chi connectivity index (χ1n) is 15.1. The van der Waals surface area contributed by atoms with Crippen LogP contribution >= 0.6 is 11.6 Å². The number of pyridine rings is 2. The third kappa shape index (κ3) is 4.31. The molecule has 7 rings (SSSR count). The maximum Gasteiger partial charge on any atom is 0.355 e. The van der Waals surface area contributed by atoms with Crippen LogP contribution in [0.1, 0.15) is 43.5 Å². The smallest absolute Gasteiger partial charge is 0.337 e. The molecule has 2 unspecified atom stereocenters. The molecule has 0 saturated carbocycles. The quantitative estimate of drug-likeness (QED) is 0.271. The normalized spacial score (nSPS) is 17.8. The van der Waals surface area contributed by atoms with Crippen LogP contribution in [0.4, 0.5) is 11.5 Å². The van der Waals surface area contributed by atoms with Crippen LogP contribution in [-0.2, 0) is 9.59 Å². The fraction of sp³-hybridized carbons (Fsp3) is 0.303. The molecule has 6 heterocycles. The number of piperazine rings is 1. The van der Waals surface area contributed by atoms with E-state index in [4.69, 9.17) is 16.6 Å². The maximum absolute atomic E-state index is 14.4. The van der Waals surface area contributed by atoms with Crippen LogP contribution in [0, 0.1) is 13.8 Å². The minimum atomic E-state index is -0.851. The molecule has 5 aromatic rings. The Morgan fingerprint density at radius 2 is 1.91 bits per heavy atom. The summed E-state index contributed by atoms with van der Waals surface area (Å²) in [5.41, 5.74) is 4.84. The fourth-order valence-corrected chi connectivity index (χ4v) is 7.05. The van der Waals surface area contributed by atoms with Gasteiger partial charge in [0.15, 0.2) is 5.65 Å². The highest BCUT2D eigenvalue weighted by Crippen LogP contribution is 2.46. The van der Waals surface area contributed by atoms with E-state index in [9.17, 15) is 14.4 Å². The number of carbonyl (C=O) groups excluding carboxylic acids is 2. The van der Waals surface area contributed by atoms with E-state index >= 15 is 0 Å². The molecule has 1 aromatic carbocycles. The Balaban J connectivity index is 1.63. The number of rotatable bonds is 4. The highest BCUT2D eigenvalue weighted by molar-refractivity contribution is 6.39. The Bertz CT molecular complexity index is 2190. The minimum absolute atomic E-state index is 0.0278. The van der Waals surface area contributed by atoms with Crippen LogP contribution < -0.4 is 15.9 Å². The van der Waals surface area contributed by atoms with E-state index in [0.29, 0.717) is 40.3 Å². The van der Waals surface area contributed by atoms with Crippen LogP contribution in [-0.4, -0.2) is 71.6 Å². The van der Waals surface area contributed by atoms with E-state index in [-0.39, 0.29) is 46.8 Å². The molecule has 2 aliphatic rings. The number of hydrogen-bond acceptors (Lipinski definition) is 8. The Kier molecular flexibility index (Phi) is 6.93. The van der Waals surface area contributed by atoms with Gasteiger partial charge in [0.1, 0.15) is 11.9 Å². The van der Waals surface area contributed by atoms with Crippen molar-refractivity contribution in [3.05, 3.63) is 75.6 Å². The van der Waals surface area contributed by atoms with Gasteiger partial charge in [0.25, 0.3) is 0 Å². The summed E-state index contributed by atoms with van der Waals surface area (Å²) in [7, 11) is 0. The average Bonchev–Trinajstić information content (AvgIpc) is 3.46. The molecule has 1 saturated heterocycles. The van der Waals surface area contributed by atoms with Gasteiger partial charge in [0, 0.05) is 29.7 Å². The molecule has 2 N–H and O–H groups in total. The van der Waals surface area contributed by atoms with Crippen molar-refractivity contribution in [2.45, 2.75) is 52.6 Å². The van der Waals surface area contributed by atoms with Crippen molar-refractivity contribution in [1.82, 2.24) is 34.6 Å². The number of hydrogen-bond donors (Lipinski definition) is 2. The number of amides is 2. The molecular formula is C33H32ClN9O3. The predicted octanol–water partition coefficient (Wildman–Crippen LogP) is 4.66. The van der Waals surface area contributed by atoms with Gasteiger partial charge in [0.2, 0.25) is 11.8 Å². The lowest BCUT2D eigenvalue weighted by molar-refractivity contribution is -0.128. The Morgan fingerprint density at radius 3 is 2.65 bits per heavy atom. The van der Waals surface area contributed by atoms with E-state index in [1.54, 1.807) is 17.3 Å². The van der Waals surface area contributed by atoms with E-state index < -0.39 is 11.7 Å². The molecule has 2 atom stereocenters. The first-order valence-corrected chi connectivity index (χ1v) is 15.4. The van der Waals surface area contributed by atoms with Crippen LogP contribution in [0.15, 0.2) is 48.0 Å². The lowest BCUT2D eigenvalue weighted by atomic mass is 9.99. The van der Waals surface area contributed by atoms with Crippen molar-refractivity contribution in [1.29, 1.82) is 0 Å². The van der Waals surface area contributed by atoms with Gasteiger partial charge in [-0.05, 0) is 56.0 Å². The number of H-pyrrole nitrogens is 1. The summed E-state index contributed by atoms with van der Waals surface area (Å²) in [5.74, 6) is -0.419. The number of aromatic nitrogens is 6. The zero-order valence-corrected chi connectivity index (χ0v) is 26.8. The Morgan fingerprint density at radius 1 is 1.13 bits per heavy atom. The molecule has 12 nitrogen and oxygen atoms in total. The van der Waals surface area contributed by atoms with Crippen LogP contribution in [0.2, 0.25) is 5.02 Å². The second kappa shape index (κ2) is 10.8. The van der Waals surface area contributed by atoms with Gasteiger partial charge in [-0.2, -0.15) is 10.1 Å². The van der Waals surface area contributed by atoms with Gasteiger partial charge in [-0.25, -0.2) is 14.3 Å². The predicted molar refractivity (Wildman–Crippen MR) is 178 cm³/mol. The summed E-state index contributed by atoms with van der Waals surface area (Å²) in [5, 5.41) is 11.7. The van der Waals surface area contributed by atoms with Gasteiger partial charge >= 0.3 is 5.69 Å². The van der Waals surface area contributed by atoms with Crippen molar-refractivity contribution >= 4 is 56.9 Å². The van der Waals surface area contributed by atoms with Gasteiger partial charge in [-0.1, -0.05) is 38.1 Å². The first kappa shape index (κ1) is 29.6. The molecule has 1 fully saturated rings. The van der Waals surface area contributed by atoms with E-state index in [0.717, 1.165) is 22.0 Å². The molecule has 0 spiro atoms. The van der Waals surface area contributed by atoms with Crippen LogP contribution in [0.25, 0.3) is 38.9 Å². The molecule has 0 aliphatic carbocycles. The molecular weight excluding hydrogens is 606 g/mol. The SMILES string of the molecule is C=CC(=O)N1CC(C)N2c3nc(=O)n(-c4c(C)ccnc4C(C)C)c4nc(-c5c(C)ccc6[nH]ncc56)c(Cl)c(c34)NC(=O)C2C1. The van der Waals surface area contributed by atoms with Crippen molar-refractivity contribution in [3.8, 4) is 16.9 Å². The van der Waals surface area contributed by atoms with Gasteiger partial charge < -0.3 is 15.1 Å². The van der Waals surface area contributed by atoms with Crippen LogP contribution in [0.5, 0.6) is 0 Å². The number of nitrogens with zero attached hydrogens (tertiary/aromatic N) is 7. The van der Waals surface area contributed by atoms with E-state index in [1.165, 1.54) is 10.6 Å². The molecule has 4 aromatic heterocycles. The number of benzene rings is 1. The van der Waals surface area contributed by atoms with Crippen molar-refractivity contribution in [2.24, 2.45) is 0 Å². The molecule has 234 valence electrons. The standard InChI is InChI=1S/C33H32ClN9O3/c1-7-22(44)41-13-18(6)42-21(14-41)32(45)38-28-24-30(37-27(25(28)34)23-16(4)8-9-20-19(23)12-36-40-20)43(33(46)39-31(24)42)29-17(5)10-11-35-26(29)15(2)3/h7-12,15,18,21H,1,13-14H2,2-6H3,(H,36,40)(H,38,45). The fourth-order valence-electron chi connectivity index (χ4n) is 6.78. The summed E-state index contributed by atoms with van der Waals surface area (Å²) < 4.78 is 1.49. The lowest BCUT2D eigenvalue weighted by Crippen LogP contribution is -2.62. The number of nitrogens with one attached hydrogen (secondary N) is 2. The maximum atomic E-state index is 14.4. The summed E-state index contributed by atoms with van der Waals surface area (Å²) in [6.07, 6.45) is 4.66. The monoisotopic (exact) mass is 637 g/mol. The van der Waals surface area contributed by atoms with Crippen molar-refractivity contribution < 1.29 is 9.59 Å². The third-order valence-electron chi connectivity index (χ3n) is 8.91. The second-order valence-electron chi connectivity index (χ2n) is 12.2. The van der Waals surface area contributed by atoms with Gasteiger partial charge in [-0.3, -0.25) is 19.7 Å². The number of anilines is 2. The third-order valence-corrected chi connectivity index (χ3v) is 9.28. The zero-order valence-electron chi connectivity index (χ0n) is 26.1. The zero-order chi connectivity index (χ0) is 32.6. The van der Waals surface area contributed by atoms with Crippen LogP contribution in [0.3, 0.4) is 0 Å². The van der Waals surface area contributed by atoms with Gasteiger partial charge in [-0.15, -0.1) is 0 Å². The largest absolute Gasteiger partial charge is 0.355 e. The number of aromatic amines is 1. The molecule has 46 heavy (non-hydrogen) atoms. The Labute approximate surface area is 269 Å². The highest BCUT2D eigenvalue weighted by atomic mass is 35.5. The average molecular weight is 638 g/mol. The number of halogens is 1. The lowest BCUT2D eigenvalue weighted by Gasteiger charge is -2.44. The molecule has 0 bridgehead atoms. The summed E-state index contributed by atoms with van der Waals surface area (Å²) in [6, 6.07) is 4.48. The van der Waals surface area contributed by atoms with E-state index in [2.05, 4.69) is 32.1 Å². The Hall–Kier alpha value is -5.10. The summed E-state index contributed by atoms with van der Waals surface area (Å²) in [6.45, 7) is 13.8. The molecule has 0 radical (unpaired) electrons. The second-order valence-corrected chi connectivity index (χ2v) is 12.6. The van der Waals surface area contributed by atoms with Crippen molar-refractivity contribution in [3.63, 3.8) is 0 Å². The molecule has 2 amide bonds. The molecule has 13 heteroatoms. The minimum Gasteiger partial charge on any atom is -0.337 e.